The Balaban J connectivity index is 2.63. The maximum Gasteiger partial charge on any atom is 0.0897 e. The molecule has 17 heavy (non-hydrogen) atoms. The number of aromatic nitrogens is 1. The lowest BCUT2D eigenvalue weighted by atomic mass is 10.0. The highest BCUT2D eigenvalue weighted by atomic mass is 32.1. The third-order valence-electron chi connectivity index (χ3n) is 2.89. The highest BCUT2D eigenvalue weighted by molar-refractivity contribution is 7.09. The third-order valence-corrected chi connectivity index (χ3v) is 3.71. The Morgan fingerprint density at radius 3 is 2.71 bits per heavy atom. The summed E-state index contributed by atoms with van der Waals surface area (Å²) in [6, 6.07) is 0.367. The van der Waals surface area contributed by atoms with Gasteiger partial charge in [-0.1, -0.05) is 20.3 Å². The minimum absolute atomic E-state index is 0.280. The molecule has 0 amide bonds. The van der Waals surface area contributed by atoms with E-state index in [-0.39, 0.29) is 6.10 Å². The van der Waals surface area contributed by atoms with E-state index in [0.29, 0.717) is 6.04 Å². The molecule has 0 radical (unpaired) electrons. The minimum Gasteiger partial charge on any atom is -0.380 e. The van der Waals surface area contributed by atoms with Gasteiger partial charge in [-0.3, -0.25) is 0 Å². The average molecular weight is 256 g/mol. The van der Waals surface area contributed by atoms with Crippen molar-refractivity contribution in [3.63, 3.8) is 0 Å². The second-order valence-corrected chi connectivity index (χ2v) is 5.35. The molecule has 0 aliphatic heterocycles. The minimum atomic E-state index is 0.280. The number of ether oxygens (including phenoxy) is 1. The molecule has 98 valence electrons. The van der Waals surface area contributed by atoms with E-state index in [4.69, 9.17) is 4.74 Å². The smallest absolute Gasteiger partial charge is 0.0897 e. The molecular weight excluding hydrogens is 232 g/mol. The summed E-state index contributed by atoms with van der Waals surface area (Å²) in [6.45, 7) is 7.35. The molecule has 0 saturated heterocycles. The summed E-state index contributed by atoms with van der Waals surface area (Å²) in [5.41, 5.74) is 1.18. The predicted octanol–water partition coefficient (Wildman–Crippen LogP) is 2.79. The van der Waals surface area contributed by atoms with Crippen molar-refractivity contribution in [1.29, 1.82) is 0 Å². The molecule has 1 aromatic heterocycles. The maximum atomic E-state index is 5.60. The first-order chi connectivity index (χ1) is 8.21. The van der Waals surface area contributed by atoms with Crippen LogP contribution in [-0.2, 0) is 11.2 Å². The van der Waals surface area contributed by atoms with Gasteiger partial charge in [0.2, 0.25) is 0 Å². The lowest BCUT2D eigenvalue weighted by Crippen LogP contribution is -2.42. The molecule has 3 nitrogen and oxygen atoms in total. The molecule has 1 heterocycles. The van der Waals surface area contributed by atoms with E-state index in [1.807, 2.05) is 0 Å². The van der Waals surface area contributed by atoms with Crippen molar-refractivity contribution in [3.8, 4) is 0 Å². The maximum absolute atomic E-state index is 5.60. The van der Waals surface area contributed by atoms with Crippen molar-refractivity contribution in [3.05, 3.63) is 16.1 Å². The van der Waals surface area contributed by atoms with Crippen molar-refractivity contribution in [1.82, 2.24) is 10.3 Å². The van der Waals surface area contributed by atoms with Gasteiger partial charge in [0.1, 0.15) is 0 Å². The largest absolute Gasteiger partial charge is 0.380 e. The fraction of sp³-hybridized carbons (Fsp3) is 0.769. The Morgan fingerprint density at radius 2 is 2.24 bits per heavy atom. The Bertz CT molecular complexity index is 314. The van der Waals surface area contributed by atoms with Gasteiger partial charge in [-0.2, -0.15) is 0 Å². The molecule has 0 fully saturated rings. The first-order valence-corrected chi connectivity index (χ1v) is 7.26. The molecule has 2 unspecified atom stereocenters. The Labute approximate surface area is 109 Å². The molecule has 0 saturated carbocycles. The number of nitrogens with zero attached hydrogens (tertiary/aromatic N) is 1. The monoisotopic (exact) mass is 256 g/mol. The van der Waals surface area contributed by atoms with Crippen LogP contribution in [0.15, 0.2) is 5.38 Å². The molecule has 1 rings (SSSR count). The molecular formula is C13H24N2OS. The highest BCUT2D eigenvalue weighted by Gasteiger charge is 2.20. The number of thiazole rings is 1. The number of methoxy groups -OCH3 is 1. The van der Waals surface area contributed by atoms with Crippen molar-refractivity contribution in [2.75, 3.05) is 13.7 Å². The second-order valence-electron chi connectivity index (χ2n) is 4.29. The molecule has 0 aromatic carbocycles. The average Bonchev–Trinajstić information content (AvgIpc) is 2.71. The molecule has 1 N–H and O–H groups in total. The van der Waals surface area contributed by atoms with Gasteiger partial charge in [0.05, 0.1) is 16.8 Å². The van der Waals surface area contributed by atoms with Crippen LogP contribution in [0, 0.1) is 6.92 Å². The molecule has 0 aliphatic rings. The van der Waals surface area contributed by atoms with Crippen molar-refractivity contribution < 1.29 is 4.74 Å². The number of rotatable bonds is 8. The fourth-order valence-electron chi connectivity index (χ4n) is 2.09. The van der Waals surface area contributed by atoms with E-state index in [1.54, 1.807) is 18.4 Å². The van der Waals surface area contributed by atoms with Gasteiger partial charge in [0.25, 0.3) is 0 Å². The Morgan fingerprint density at radius 1 is 1.47 bits per heavy atom. The first-order valence-electron chi connectivity index (χ1n) is 6.38. The van der Waals surface area contributed by atoms with E-state index in [0.717, 1.165) is 30.8 Å². The number of aryl methyl sites for hydroxylation is 1. The lowest BCUT2D eigenvalue weighted by molar-refractivity contribution is 0.0611. The van der Waals surface area contributed by atoms with Crippen LogP contribution in [0.2, 0.25) is 0 Å². The van der Waals surface area contributed by atoms with Gasteiger partial charge in [0, 0.05) is 25.0 Å². The quantitative estimate of drug-likeness (QED) is 0.776. The van der Waals surface area contributed by atoms with Crippen LogP contribution in [0.3, 0.4) is 0 Å². The van der Waals surface area contributed by atoms with Crippen molar-refractivity contribution in [2.24, 2.45) is 0 Å². The van der Waals surface area contributed by atoms with E-state index >= 15 is 0 Å². The third kappa shape index (κ3) is 4.74. The summed E-state index contributed by atoms with van der Waals surface area (Å²) in [4.78, 5) is 4.53. The normalized spacial score (nSPS) is 14.8. The van der Waals surface area contributed by atoms with Crippen LogP contribution in [0.4, 0.5) is 0 Å². The second kappa shape index (κ2) is 7.80. The molecule has 4 heteroatoms. The topological polar surface area (TPSA) is 34.1 Å². The van der Waals surface area contributed by atoms with E-state index < -0.39 is 0 Å². The zero-order valence-corrected chi connectivity index (χ0v) is 12.1. The first kappa shape index (κ1) is 14.6. The fourth-order valence-corrected chi connectivity index (χ4v) is 2.72. The predicted molar refractivity (Wildman–Crippen MR) is 73.7 cm³/mol. The Hall–Kier alpha value is -0.450. The summed E-state index contributed by atoms with van der Waals surface area (Å²) in [7, 11) is 1.80. The van der Waals surface area contributed by atoms with Crippen LogP contribution in [-0.4, -0.2) is 30.8 Å². The van der Waals surface area contributed by atoms with Gasteiger partial charge in [-0.15, -0.1) is 11.3 Å². The summed E-state index contributed by atoms with van der Waals surface area (Å²) in [5.74, 6) is 0. The van der Waals surface area contributed by atoms with Crippen molar-refractivity contribution in [2.45, 2.75) is 52.2 Å². The number of hydrogen-bond acceptors (Lipinski definition) is 4. The van der Waals surface area contributed by atoms with Gasteiger partial charge in [-0.05, 0) is 19.9 Å². The van der Waals surface area contributed by atoms with Gasteiger partial charge < -0.3 is 10.1 Å². The van der Waals surface area contributed by atoms with Crippen molar-refractivity contribution >= 4 is 11.3 Å². The van der Waals surface area contributed by atoms with Crippen LogP contribution < -0.4 is 5.32 Å². The molecule has 0 bridgehead atoms. The summed E-state index contributed by atoms with van der Waals surface area (Å²) in [5, 5.41) is 6.81. The lowest BCUT2D eigenvalue weighted by Gasteiger charge is -2.26. The van der Waals surface area contributed by atoms with Crippen LogP contribution in [0.1, 0.15) is 37.4 Å². The number of likely N-dealkylation sites (N-methyl/N-ethyl adjacent to an activating group) is 1. The van der Waals surface area contributed by atoms with Crippen LogP contribution in [0.25, 0.3) is 0 Å². The number of hydrogen-bond donors (Lipinski definition) is 1. The van der Waals surface area contributed by atoms with Gasteiger partial charge in [-0.25, -0.2) is 4.98 Å². The summed E-state index contributed by atoms with van der Waals surface area (Å²) >= 11 is 1.72. The summed E-state index contributed by atoms with van der Waals surface area (Å²) in [6.07, 6.45) is 3.48. The Kier molecular flexibility index (Phi) is 6.70. The molecule has 0 spiro atoms. The van der Waals surface area contributed by atoms with Gasteiger partial charge in [0.15, 0.2) is 0 Å². The molecule has 0 aliphatic carbocycles. The number of nitrogens with one attached hydrogen (secondary N) is 1. The van der Waals surface area contributed by atoms with Crippen LogP contribution >= 0.6 is 11.3 Å². The SMILES string of the molecule is CCCC(OC)C(Cc1csc(C)n1)NCC. The highest BCUT2D eigenvalue weighted by Crippen LogP contribution is 2.14. The standard InChI is InChI=1S/C13H24N2OS/c1-5-7-13(16-4)12(14-6-2)8-11-9-17-10(3)15-11/h9,12-14H,5-8H2,1-4H3. The zero-order chi connectivity index (χ0) is 12.7. The van der Waals surface area contributed by atoms with Gasteiger partial charge >= 0.3 is 0 Å². The van der Waals surface area contributed by atoms with E-state index in [9.17, 15) is 0 Å². The zero-order valence-electron chi connectivity index (χ0n) is 11.3. The van der Waals surface area contributed by atoms with E-state index in [2.05, 4.69) is 36.5 Å². The molecule has 2 atom stereocenters. The van der Waals surface area contributed by atoms with Crippen LogP contribution in [0.5, 0.6) is 0 Å². The molecule has 1 aromatic rings. The van der Waals surface area contributed by atoms with E-state index in [1.165, 1.54) is 5.69 Å². The summed E-state index contributed by atoms with van der Waals surface area (Å²) < 4.78 is 5.60.